The molecule has 3 N–H and O–H groups in total. The van der Waals surface area contributed by atoms with Crippen LogP contribution in [-0.4, -0.2) is 24.9 Å². The lowest BCUT2D eigenvalue weighted by Gasteiger charge is -2.09. The minimum atomic E-state index is -0.0474. The molecule has 1 aromatic rings. The minimum Gasteiger partial charge on any atom is -0.352 e. The summed E-state index contributed by atoms with van der Waals surface area (Å²) in [5.41, 5.74) is 1.82. The maximum Gasteiger partial charge on any atom is 0.224 e. The first kappa shape index (κ1) is 15.5. The van der Waals surface area contributed by atoms with Crippen molar-refractivity contribution in [1.29, 1.82) is 0 Å². The first-order valence-corrected chi connectivity index (χ1v) is 7.47. The number of benzene rings is 1. The van der Waals surface area contributed by atoms with Gasteiger partial charge in [-0.1, -0.05) is 12.1 Å². The molecule has 1 fully saturated rings. The van der Waals surface area contributed by atoms with E-state index in [1.54, 1.807) is 0 Å². The molecule has 0 spiro atoms. The number of rotatable bonds is 6. The van der Waals surface area contributed by atoms with Crippen molar-refractivity contribution in [3.05, 3.63) is 29.8 Å². The fourth-order valence-electron chi connectivity index (χ4n) is 2.45. The standard InChI is InChI=1S/C16H23N3O2/c1-12(20)18-11-13-2-5-15(6-3-13)19-16(21)7-4-14-8-9-17-10-14/h2-3,5-6,14,17H,4,7-11H2,1H3,(H,18,20)(H,19,21). The molecule has 0 aromatic heterocycles. The van der Waals surface area contributed by atoms with Crippen LogP contribution in [0.1, 0.15) is 31.7 Å². The molecule has 1 aliphatic heterocycles. The number of anilines is 1. The Balaban J connectivity index is 1.73. The Morgan fingerprint density at radius 3 is 2.67 bits per heavy atom. The largest absolute Gasteiger partial charge is 0.352 e. The van der Waals surface area contributed by atoms with Gasteiger partial charge in [-0.3, -0.25) is 9.59 Å². The molecule has 1 aliphatic rings. The number of nitrogens with one attached hydrogen (secondary N) is 3. The molecule has 21 heavy (non-hydrogen) atoms. The summed E-state index contributed by atoms with van der Waals surface area (Å²) < 4.78 is 0. The van der Waals surface area contributed by atoms with Gasteiger partial charge in [0.15, 0.2) is 0 Å². The van der Waals surface area contributed by atoms with E-state index in [2.05, 4.69) is 16.0 Å². The molecule has 2 rings (SSSR count). The third kappa shape index (κ3) is 5.55. The van der Waals surface area contributed by atoms with E-state index in [-0.39, 0.29) is 11.8 Å². The maximum absolute atomic E-state index is 11.9. The molecule has 1 saturated heterocycles. The average molecular weight is 289 g/mol. The van der Waals surface area contributed by atoms with Gasteiger partial charge in [0, 0.05) is 25.6 Å². The number of amides is 2. The van der Waals surface area contributed by atoms with Crippen LogP contribution in [-0.2, 0) is 16.1 Å². The van der Waals surface area contributed by atoms with E-state index in [4.69, 9.17) is 0 Å². The molecule has 1 unspecified atom stereocenters. The molecule has 1 aromatic carbocycles. The molecule has 114 valence electrons. The predicted octanol–water partition coefficient (Wildman–Crippen LogP) is 1.65. The zero-order valence-corrected chi connectivity index (χ0v) is 12.4. The van der Waals surface area contributed by atoms with Gasteiger partial charge in [0.05, 0.1) is 0 Å². The van der Waals surface area contributed by atoms with Crippen LogP contribution in [0.5, 0.6) is 0 Å². The maximum atomic E-state index is 11.9. The second-order valence-electron chi connectivity index (χ2n) is 5.55. The molecular weight excluding hydrogens is 266 g/mol. The summed E-state index contributed by atoms with van der Waals surface area (Å²) in [5, 5.41) is 8.96. The van der Waals surface area contributed by atoms with Gasteiger partial charge in [0.2, 0.25) is 11.8 Å². The molecule has 1 heterocycles. The Morgan fingerprint density at radius 2 is 2.05 bits per heavy atom. The molecular formula is C16H23N3O2. The Bertz CT molecular complexity index is 479. The SMILES string of the molecule is CC(=O)NCc1ccc(NC(=O)CCC2CCNC2)cc1. The Morgan fingerprint density at radius 1 is 1.29 bits per heavy atom. The first-order valence-electron chi connectivity index (χ1n) is 7.47. The third-order valence-electron chi connectivity index (χ3n) is 3.72. The van der Waals surface area contributed by atoms with Crippen LogP contribution in [0, 0.1) is 5.92 Å². The molecule has 5 nitrogen and oxygen atoms in total. The zero-order valence-electron chi connectivity index (χ0n) is 12.4. The third-order valence-corrected chi connectivity index (χ3v) is 3.72. The second kappa shape index (κ2) is 7.78. The van der Waals surface area contributed by atoms with Crippen molar-refractivity contribution in [2.24, 2.45) is 5.92 Å². The van der Waals surface area contributed by atoms with Crippen molar-refractivity contribution < 1.29 is 9.59 Å². The van der Waals surface area contributed by atoms with E-state index < -0.39 is 0 Å². The molecule has 5 heteroatoms. The molecule has 0 bridgehead atoms. The van der Waals surface area contributed by atoms with Crippen LogP contribution in [0.4, 0.5) is 5.69 Å². The monoisotopic (exact) mass is 289 g/mol. The van der Waals surface area contributed by atoms with Crippen molar-refractivity contribution in [3.63, 3.8) is 0 Å². The predicted molar refractivity (Wildman–Crippen MR) is 82.8 cm³/mol. The number of hydrogen-bond donors (Lipinski definition) is 3. The highest BCUT2D eigenvalue weighted by Gasteiger charge is 2.15. The van der Waals surface area contributed by atoms with Gasteiger partial charge < -0.3 is 16.0 Å². The summed E-state index contributed by atoms with van der Waals surface area (Å²) in [5.74, 6) is 0.654. The van der Waals surface area contributed by atoms with Crippen molar-refractivity contribution in [1.82, 2.24) is 10.6 Å². The summed E-state index contributed by atoms with van der Waals surface area (Å²) in [4.78, 5) is 22.7. The highest BCUT2D eigenvalue weighted by atomic mass is 16.2. The highest BCUT2D eigenvalue weighted by Crippen LogP contribution is 2.15. The fraction of sp³-hybridized carbons (Fsp3) is 0.500. The normalized spacial score (nSPS) is 17.5. The molecule has 0 saturated carbocycles. The summed E-state index contributed by atoms with van der Waals surface area (Å²) in [6, 6.07) is 7.55. The van der Waals surface area contributed by atoms with Gasteiger partial charge in [-0.25, -0.2) is 0 Å². The van der Waals surface area contributed by atoms with E-state index in [9.17, 15) is 9.59 Å². The lowest BCUT2D eigenvalue weighted by Crippen LogP contribution is -2.19. The quantitative estimate of drug-likeness (QED) is 0.746. The van der Waals surface area contributed by atoms with Crippen molar-refractivity contribution in [2.75, 3.05) is 18.4 Å². The van der Waals surface area contributed by atoms with E-state index in [1.165, 1.54) is 13.3 Å². The minimum absolute atomic E-state index is 0.0474. The Hall–Kier alpha value is -1.88. The van der Waals surface area contributed by atoms with E-state index in [1.807, 2.05) is 24.3 Å². The van der Waals surface area contributed by atoms with Crippen LogP contribution < -0.4 is 16.0 Å². The second-order valence-corrected chi connectivity index (χ2v) is 5.55. The average Bonchev–Trinajstić information content (AvgIpc) is 2.98. The highest BCUT2D eigenvalue weighted by molar-refractivity contribution is 5.90. The van der Waals surface area contributed by atoms with Gasteiger partial charge in [-0.2, -0.15) is 0 Å². The van der Waals surface area contributed by atoms with Gasteiger partial charge in [-0.15, -0.1) is 0 Å². The number of hydrogen-bond acceptors (Lipinski definition) is 3. The zero-order chi connectivity index (χ0) is 15.1. The summed E-state index contributed by atoms with van der Waals surface area (Å²) in [6.07, 6.45) is 2.69. The van der Waals surface area contributed by atoms with E-state index >= 15 is 0 Å². The van der Waals surface area contributed by atoms with Crippen molar-refractivity contribution >= 4 is 17.5 Å². The summed E-state index contributed by atoms with van der Waals surface area (Å²) in [7, 11) is 0. The van der Waals surface area contributed by atoms with Crippen molar-refractivity contribution in [3.8, 4) is 0 Å². The smallest absolute Gasteiger partial charge is 0.224 e. The van der Waals surface area contributed by atoms with Crippen molar-refractivity contribution in [2.45, 2.75) is 32.7 Å². The number of carbonyl (C=O) groups excluding carboxylic acids is 2. The molecule has 0 radical (unpaired) electrons. The molecule has 2 amide bonds. The van der Waals surface area contributed by atoms with E-state index in [0.717, 1.165) is 30.8 Å². The fourth-order valence-corrected chi connectivity index (χ4v) is 2.45. The van der Waals surface area contributed by atoms with Crippen LogP contribution in [0.25, 0.3) is 0 Å². The van der Waals surface area contributed by atoms with Crippen LogP contribution in [0.2, 0.25) is 0 Å². The van der Waals surface area contributed by atoms with Crippen LogP contribution in [0.3, 0.4) is 0 Å². The van der Waals surface area contributed by atoms with Gasteiger partial charge in [-0.05, 0) is 49.5 Å². The van der Waals surface area contributed by atoms with Gasteiger partial charge in [0.25, 0.3) is 0 Å². The first-order chi connectivity index (χ1) is 10.1. The number of carbonyl (C=O) groups is 2. The van der Waals surface area contributed by atoms with E-state index in [0.29, 0.717) is 18.9 Å². The lowest BCUT2D eigenvalue weighted by molar-refractivity contribution is -0.119. The topological polar surface area (TPSA) is 70.2 Å². The molecule has 0 aliphatic carbocycles. The summed E-state index contributed by atoms with van der Waals surface area (Å²) >= 11 is 0. The van der Waals surface area contributed by atoms with Crippen LogP contribution in [0.15, 0.2) is 24.3 Å². The Kier molecular flexibility index (Phi) is 5.75. The Labute approximate surface area is 125 Å². The summed E-state index contributed by atoms with van der Waals surface area (Å²) in [6.45, 7) is 4.11. The van der Waals surface area contributed by atoms with Gasteiger partial charge in [0.1, 0.15) is 0 Å². The lowest BCUT2D eigenvalue weighted by atomic mass is 10.0. The molecule has 1 atom stereocenters. The van der Waals surface area contributed by atoms with Crippen LogP contribution >= 0.6 is 0 Å². The van der Waals surface area contributed by atoms with Gasteiger partial charge >= 0.3 is 0 Å².